The second-order valence-electron chi connectivity index (χ2n) is 1.52. The van der Waals surface area contributed by atoms with Gasteiger partial charge in [0.2, 0.25) is 0 Å². The van der Waals surface area contributed by atoms with E-state index < -0.39 is 11.4 Å². The monoisotopic (exact) mass is 318 g/mol. The van der Waals surface area contributed by atoms with Gasteiger partial charge in [-0.1, -0.05) is 10.0 Å². The number of benzene rings is 1. The fraction of sp³-hybridized carbons (Fsp3) is 0. The summed E-state index contributed by atoms with van der Waals surface area (Å²) in [5, 5.41) is 1.11. The molecule has 7 heteroatoms. The van der Waals surface area contributed by atoms with E-state index in [-0.39, 0.29) is 6.15 Å². The average molecular weight is 320 g/mol. The van der Waals surface area contributed by atoms with Gasteiger partial charge < -0.3 is 6.15 Å². The van der Waals surface area contributed by atoms with Gasteiger partial charge in [0.05, 0.1) is 0 Å². The van der Waals surface area contributed by atoms with Crippen LogP contribution in [0.2, 0.25) is 10.0 Å². The summed E-state index contributed by atoms with van der Waals surface area (Å²) in [6.45, 7) is 0. The normalized spacial score (nSPS) is 8.46. The molecule has 0 radical (unpaired) electrons. The van der Waals surface area contributed by atoms with Crippen LogP contribution in [0, 0.1) is 6.07 Å². The van der Waals surface area contributed by atoms with E-state index in [2.05, 4.69) is 6.07 Å². The zero-order valence-corrected chi connectivity index (χ0v) is 11.2. The second kappa shape index (κ2) is 9.71. The van der Waals surface area contributed by atoms with Crippen molar-refractivity contribution < 1.29 is 11.4 Å². The maximum Gasteiger partial charge on any atom is -0.693 e. The molecule has 0 aliphatic heterocycles. The molecule has 1 aromatic carbocycles. The van der Waals surface area contributed by atoms with Gasteiger partial charge in [-0.3, -0.25) is 0 Å². The number of hydrogen-bond acceptors (Lipinski definition) is 0. The average Bonchev–Trinajstić information content (AvgIpc) is 1.84. The molecule has 1 rings (SSSR count). The molecule has 1 aromatic rings. The van der Waals surface area contributed by atoms with Crippen molar-refractivity contribution in [2.45, 2.75) is 0 Å². The molecule has 0 bridgehead atoms. The van der Waals surface area contributed by atoms with E-state index in [0.717, 1.165) is 0 Å². The first-order chi connectivity index (χ1) is 5.52. The molecule has 0 saturated carbocycles. The summed E-state index contributed by atoms with van der Waals surface area (Å²) in [4.78, 5) is 0. The van der Waals surface area contributed by atoms with E-state index in [1.54, 1.807) is 18.2 Å². The van der Waals surface area contributed by atoms with Crippen molar-refractivity contribution in [2.75, 3.05) is 0 Å². The minimum absolute atomic E-state index is 0. The van der Waals surface area contributed by atoms with Gasteiger partial charge in [-0.15, -0.1) is 29.3 Å². The Morgan fingerprint density at radius 3 is 1.46 bits per heavy atom. The summed E-state index contributed by atoms with van der Waals surface area (Å²) in [5.41, 5.74) is 0. The second-order valence-corrected chi connectivity index (χ2v) is 8.65. The molecular weight excluding hydrogens is 315 g/mol. The summed E-state index contributed by atoms with van der Waals surface area (Å²) < 4.78 is 0. The number of hydrogen-bond donors (Lipinski definition) is 0. The maximum absolute atomic E-state index is 5.50. The summed E-state index contributed by atoms with van der Waals surface area (Å²) in [7, 11) is 14.8. The van der Waals surface area contributed by atoms with E-state index in [4.69, 9.17) is 53.3 Å². The third-order valence-electron chi connectivity index (χ3n) is 0.724. The summed E-state index contributed by atoms with van der Waals surface area (Å²) in [6, 6.07) is 7.94. The van der Waals surface area contributed by atoms with Gasteiger partial charge in [0, 0.05) is 0 Å². The standard InChI is InChI=1S/C6H3Cl2.3ClH.Cr.H2N/c7-5-2-1-3-6(8)4-5;;;;;/h1-3H;3*1H;;1H2/q-1;;;;+3;-1/p-3. The molecule has 0 spiro atoms. The fourth-order valence-electron chi connectivity index (χ4n) is 0.414. The van der Waals surface area contributed by atoms with Gasteiger partial charge in [-0.2, -0.15) is 18.2 Å². The van der Waals surface area contributed by atoms with Crippen molar-refractivity contribution in [3.63, 3.8) is 0 Å². The molecule has 13 heavy (non-hydrogen) atoms. The van der Waals surface area contributed by atoms with Crippen LogP contribution in [-0.2, 0) is 11.4 Å². The van der Waals surface area contributed by atoms with E-state index in [9.17, 15) is 0 Å². The Hall–Kier alpha value is 1.16. The van der Waals surface area contributed by atoms with Gasteiger partial charge >= 0.3 is 41.5 Å². The number of halogens is 5. The van der Waals surface area contributed by atoms with Gasteiger partial charge in [0.15, 0.2) is 0 Å². The Morgan fingerprint density at radius 1 is 1.00 bits per heavy atom. The van der Waals surface area contributed by atoms with Gasteiger partial charge in [-0.05, 0) is 0 Å². The van der Waals surface area contributed by atoms with Crippen molar-refractivity contribution >= 4 is 53.3 Å². The van der Waals surface area contributed by atoms with Crippen LogP contribution in [0.1, 0.15) is 0 Å². The largest absolute Gasteiger partial charge is 0.693 e. The molecule has 0 fully saturated rings. The SMILES string of the molecule is Clc1[c-]c(Cl)ccc1.[Cl][Cr]([Cl])[Cl].[NH2-]. The quantitative estimate of drug-likeness (QED) is 0.559. The third kappa shape index (κ3) is 13.2. The van der Waals surface area contributed by atoms with Crippen molar-refractivity contribution in [2.24, 2.45) is 0 Å². The Bertz CT molecular complexity index is 212. The van der Waals surface area contributed by atoms with Crippen LogP contribution in [-0.4, -0.2) is 0 Å². The minimum atomic E-state index is -1.62. The van der Waals surface area contributed by atoms with Crippen molar-refractivity contribution in [3.05, 3.63) is 40.5 Å². The van der Waals surface area contributed by atoms with Crippen molar-refractivity contribution in [1.82, 2.24) is 0 Å². The van der Waals surface area contributed by atoms with Gasteiger partial charge in [-0.25, -0.2) is 0 Å². The Labute approximate surface area is 104 Å². The molecule has 0 aliphatic carbocycles. The maximum atomic E-state index is 5.50. The van der Waals surface area contributed by atoms with E-state index in [1.807, 2.05) is 0 Å². The molecule has 0 aromatic heterocycles. The van der Waals surface area contributed by atoms with Crippen molar-refractivity contribution in [3.8, 4) is 0 Å². The number of nitrogens with two attached hydrogens (primary N) is 1. The van der Waals surface area contributed by atoms with Crippen LogP contribution < -0.4 is 0 Å². The molecule has 0 heterocycles. The molecular formula is C6H5Cl5CrN-2. The Balaban J connectivity index is 0. The van der Waals surface area contributed by atoms with E-state index in [1.165, 1.54) is 0 Å². The Morgan fingerprint density at radius 2 is 1.31 bits per heavy atom. The molecule has 2 N–H and O–H groups in total. The molecule has 77 valence electrons. The third-order valence-corrected chi connectivity index (χ3v) is 1.16. The minimum Gasteiger partial charge on any atom is -0.693 e. The van der Waals surface area contributed by atoms with Gasteiger partial charge in [0.1, 0.15) is 0 Å². The predicted molar refractivity (Wildman–Crippen MR) is 58.1 cm³/mol. The number of rotatable bonds is 0. The Kier molecular flexibility index (Phi) is 12.4. The molecule has 1 nitrogen and oxygen atoms in total. The van der Waals surface area contributed by atoms with Crippen molar-refractivity contribution in [1.29, 1.82) is 0 Å². The van der Waals surface area contributed by atoms with Crippen LogP contribution in [0.25, 0.3) is 6.15 Å². The zero-order chi connectivity index (χ0) is 9.56. The summed E-state index contributed by atoms with van der Waals surface area (Å²) >= 11 is 9.38. The zero-order valence-electron chi connectivity index (χ0n) is 6.11. The van der Waals surface area contributed by atoms with Crippen LogP contribution in [0.15, 0.2) is 18.2 Å². The van der Waals surface area contributed by atoms with Gasteiger partial charge in [0.25, 0.3) is 0 Å². The molecule has 0 amide bonds. The summed E-state index contributed by atoms with van der Waals surface area (Å²) in [5.74, 6) is 0. The van der Waals surface area contributed by atoms with Crippen LogP contribution in [0.4, 0.5) is 0 Å². The molecule has 0 saturated heterocycles. The van der Waals surface area contributed by atoms with Crippen LogP contribution in [0.5, 0.6) is 0 Å². The fourth-order valence-corrected chi connectivity index (χ4v) is 0.812. The first-order valence-corrected chi connectivity index (χ1v) is 8.60. The first kappa shape index (κ1) is 16.6. The van der Waals surface area contributed by atoms with E-state index in [0.29, 0.717) is 10.0 Å². The molecule has 0 unspecified atom stereocenters. The molecule has 0 atom stereocenters. The van der Waals surface area contributed by atoms with Crippen LogP contribution in [0.3, 0.4) is 0 Å². The predicted octanol–water partition coefficient (Wildman–Crippen LogP) is 5.58. The first-order valence-electron chi connectivity index (χ1n) is 2.58. The van der Waals surface area contributed by atoms with Crippen LogP contribution >= 0.6 is 53.3 Å². The summed E-state index contributed by atoms with van der Waals surface area (Å²) in [6.07, 6.45) is 0. The van der Waals surface area contributed by atoms with E-state index >= 15 is 0 Å². The molecule has 0 aliphatic rings. The topological polar surface area (TPSA) is 33.5 Å². The smallest absolute Gasteiger partial charge is 0.693 e.